The lowest BCUT2D eigenvalue weighted by molar-refractivity contribution is 0.0356. The molecule has 1 unspecified atom stereocenters. The Labute approximate surface area is 117 Å². The number of alkyl carbamates (subject to hydrolysis) is 1. The zero-order chi connectivity index (χ0) is 14.5. The number of nitrogens with one attached hydrogen (secondary N) is 1. The van der Waals surface area contributed by atoms with Gasteiger partial charge in [0.05, 0.1) is 0 Å². The zero-order valence-corrected chi connectivity index (χ0v) is 12.9. The van der Waals surface area contributed by atoms with Gasteiger partial charge in [0.25, 0.3) is 0 Å². The molecule has 4 heteroatoms. The molecule has 0 saturated heterocycles. The Morgan fingerprint density at radius 1 is 1.32 bits per heavy atom. The van der Waals surface area contributed by atoms with Gasteiger partial charge in [0.1, 0.15) is 5.60 Å². The van der Waals surface area contributed by atoms with Crippen LogP contribution in [0.2, 0.25) is 0 Å². The first kappa shape index (κ1) is 16.3. The van der Waals surface area contributed by atoms with E-state index >= 15 is 0 Å². The highest BCUT2D eigenvalue weighted by Crippen LogP contribution is 2.36. The van der Waals surface area contributed by atoms with Crippen LogP contribution in [0.4, 0.5) is 4.79 Å². The minimum Gasteiger partial charge on any atom is -0.444 e. The number of nitrogens with two attached hydrogens (primary N) is 1. The highest BCUT2D eigenvalue weighted by atomic mass is 16.6. The lowest BCUT2D eigenvalue weighted by atomic mass is 9.72. The van der Waals surface area contributed by atoms with E-state index in [-0.39, 0.29) is 11.6 Å². The van der Waals surface area contributed by atoms with E-state index < -0.39 is 5.60 Å². The highest BCUT2D eigenvalue weighted by Gasteiger charge is 2.39. The normalized spacial score (nSPS) is 20.7. The molecule has 0 spiro atoms. The molecule has 0 aromatic heterocycles. The van der Waals surface area contributed by atoms with Crippen molar-refractivity contribution in [3.05, 3.63) is 0 Å². The molecule has 0 heterocycles. The van der Waals surface area contributed by atoms with Gasteiger partial charge in [0.2, 0.25) is 0 Å². The molecule has 1 aliphatic carbocycles. The predicted molar refractivity (Wildman–Crippen MR) is 78.0 cm³/mol. The minimum absolute atomic E-state index is 0.125. The molecule has 1 atom stereocenters. The molecule has 19 heavy (non-hydrogen) atoms. The summed E-state index contributed by atoms with van der Waals surface area (Å²) in [5.74, 6) is 0.394. The van der Waals surface area contributed by atoms with Crippen LogP contribution in [0.25, 0.3) is 0 Å². The van der Waals surface area contributed by atoms with Crippen LogP contribution in [0, 0.1) is 5.92 Å². The minimum atomic E-state index is -0.447. The van der Waals surface area contributed by atoms with Crippen LogP contribution in [-0.4, -0.2) is 23.8 Å². The molecule has 0 aromatic carbocycles. The molecule has 1 amide bonds. The number of ether oxygens (including phenoxy) is 1. The molecule has 3 N–H and O–H groups in total. The Hall–Kier alpha value is -0.770. The van der Waals surface area contributed by atoms with Crippen molar-refractivity contribution in [2.24, 2.45) is 11.7 Å². The van der Waals surface area contributed by atoms with Crippen molar-refractivity contribution >= 4 is 6.09 Å². The second-order valence-corrected chi connectivity index (χ2v) is 6.82. The summed E-state index contributed by atoms with van der Waals surface area (Å²) in [6.07, 6.45) is 6.32. The summed E-state index contributed by atoms with van der Waals surface area (Å²) < 4.78 is 5.41. The second kappa shape index (κ2) is 6.60. The van der Waals surface area contributed by atoms with Gasteiger partial charge in [-0.25, -0.2) is 4.79 Å². The predicted octanol–water partition coefficient (Wildman–Crippen LogP) is 3.20. The van der Waals surface area contributed by atoms with Crippen molar-refractivity contribution in [2.45, 2.75) is 77.4 Å². The third kappa shape index (κ3) is 5.01. The van der Waals surface area contributed by atoms with Crippen LogP contribution < -0.4 is 11.1 Å². The van der Waals surface area contributed by atoms with Gasteiger partial charge in [0.15, 0.2) is 0 Å². The summed E-state index contributed by atoms with van der Waals surface area (Å²) in [7, 11) is 0. The Bertz CT molecular complexity index is 291. The molecule has 1 saturated carbocycles. The van der Waals surface area contributed by atoms with Crippen molar-refractivity contribution in [2.75, 3.05) is 6.54 Å². The lowest BCUT2D eigenvalue weighted by Gasteiger charge is -2.43. The topological polar surface area (TPSA) is 64.3 Å². The van der Waals surface area contributed by atoms with Crippen LogP contribution in [0.1, 0.15) is 66.2 Å². The van der Waals surface area contributed by atoms with E-state index in [4.69, 9.17) is 10.5 Å². The molecule has 0 aliphatic heterocycles. The van der Waals surface area contributed by atoms with Gasteiger partial charge in [0, 0.05) is 5.54 Å². The first-order valence-corrected chi connectivity index (χ1v) is 7.50. The van der Waals surface area contributed by atoms with Gasteiger partial charge in [-0.1, -0.05) is 26.2 Å². The Morgan fingerprint density at radius 2 is 1.89 bits per heavy atom. The van der Waals surface area contributed by atoms with Crippen molar-refractivity contribution in [3.63, 3.8) is 0 Å². The zero-order valence-electron chi connectivity index (χ0n) is 12.9. The van der Waals surface area contributed by atoms with Crippen LogP contribution in [-0.2, 0) is 4.74 Å². The first-order chi connectivity index (χ1) is 8.79. The van der Waals surface area contributed by atoms with Crippen LogP contribution in [0.3, 0.4) is 0 Å². The van der Waals surface area contributed by atoms with Crippen LogP contribution in [0.15, 0.2) is 0 Å². The maximum Gasteiger partial charge on any atom is 0.408 e. The van der Waals surface area contributed by atoms with E-state index in [2.05, 4.69) is 12.2 Å². The number of carbonyl (C=O) groups excluding carboxylic acids is 1. The molecular weight excluding hydrogens is 240 g/mol. The van der Waals surface area contributed by atoms with Crippen LogP contribution in [0.5, 0.6) is 0 Å². The molecule has 0 aromatic rings. The number of rotatable bonds is 4. The number of amides is 1. The van der Waals surface area contributed by atoms with E-state index in [9.17, 15) is 4.79 Å². The molecule has 1 fully saturated rings. The summed E-state index contributed by atoms with van der Waals surface area (Å²) >= 11 is 0. The molecular formula is C15H30N2O2. The number of hydrogen-bond acceptors (Lipinski definition) is 3. The van der Waals surface area contributed by atoms with E-state index in [1.807, 2.05) is 20.8 Å². The SMILES string of the molecule is CC(CCN)C1(NC(=O)OC(C)(C)C)CCCCC1. The highest BCUT2D eigenvalue weighted by molar-refractivity contribution is 5.68. The fourth-order valence-corrected chi connectivity index (χ4v) is 2.96. The summed E-state index contributed by atoms with van der Waals surface area (Å²) in [5, 5.41) is 3.16. The average Bonchev–Trinajstić information content (AvgIpc) is 2.27. The summed E-state index contributed by atoms with van der Waals surface area (Å²) in [5.41, 5.74) is 5.11. The Morgan fingerprint density at radius 3 is 2.37 bits per heavy atom. The van der Waals surface area contributed by atoms with Gasteiger partial charge in [-0.05, 0) is 52.5 Å². The molecule has 0 radical (unpaired) electrons. The Kier molecular flexibility index (Phi) is 5.65. The quantitative estimate of drug-likeness (QED) is 0.824. The largest absolute Gasteiger partial charge is 0.444 e. The van der Waals surface area contributed by atoms with Crippen molar-refractivity contribution in [1.29, 1.82) is 0 Å². The van der Waals surface area contributed by atoms with Crippen molar-refractivity contribution in [3.8, 4) is 0 Å². The van der Waals surface area contributed by atoms with Gasteiger partial charge in [-0.2, -0.15) is 0 Å². The molecule has 0 bridgehead atoms. The van der Waals surface area contributed by atoms with E-state index in [0.29, 0.717) is 12.5 Å². The molecule has 1 aliphatic rings. The fraction of sp³-hybridized carbons (Fsp3) is 0.933. The number of hydrogen-bond donors (Lipinski definition) is 2. The monoisotopic (exact) mass is 270 g/mol. The van der Waals surface area contributed by atoms with Gasteiger partial charge >= 0.3 is 6.09 Å². The molecule has 4 nitrogen and oxygen atoms in total. The summed E-state index contributed by atoms with van der Waals surface area (Å²) in [4.78, 5) is 12.1. The first-order valence-electron chi connectivity index (χ1n) is 7.50. The van der Waals surface area contributed by atoms with E-state index in [1.54, 1.807) is 0 Å². The maximum atomic E-state index is 12.1. The van der Waals surface area contributed by atoms with E-state index in [1.165, 1.54) is 19.3 Å². The molecule has 112 valence electrons. The van der Waals surface area contributed by atoms with Crippen LogP contribution >= 0.6 is 0 Å². The van der Waals surface area contributed by atoms with Gasteiger partial charge in [-0.3, -0.25) is 0 Å². The standard InChI is InChI=1S/C15H30N2O2/c1-12(8-11-16)15(9-6-5-7-10-15)17-13(18)19-14(2,3)4/h12H,5-11,16H2,1-4H3,(H,17,18). The van der Waals surface area contributed by atoms with Crippen molar-refractivity contribution in [1.82, 2.24) is 5.32 Å². The van der Waals surface area contributed by atoms with Gasteiger partial charge < -0.3 is 15.8 Å². The lowest BCUT2D eigenvalue weighted by Crippen LogP contribution is -2.55. The average molecular weight is 270 g/mol. The summed E-state index contributed by atoms with van der Waals surface area (Å²) in [6.45, 7) is 8.53. The fourth-order valence-electron chi connectivity index (χ4n) is 2.96. The van der Waals surface area contributed by atoms with E-state index in [0.717, 1.165) is 19.3 Å². The maximum absolute atomic E-state index is 12.1. The number of carbonyl (C=O) groups is 1. The third-order valence-corrected chi connectivity index (χ3v) is 4.04. The molecule has 1 rings (SSSR count). The smallest absolute Gasteiger partial charge is 0.408 e. The summed E-state index contributed by atoms with van der Waals surface area (Å²) in [6, 6.07) is 0. The van der Waals surface area contributed by atoms with Gasteiger partial charge in [-0.15, -0.1) is 0 Å². The third-order valence-electron chi connectivity index (χ3n) is 4.04. The van der Waals surface area contributed by atoms with Crippen molar-refractivity contribution < 1.29 is 9.53 Å². The Balaban J connectivity index is 2.71. The second-order valence-electron chi connectivity index (χ2n) is 6.82.